The lowest BCUT2D eigenvalue weighted by molar-refractivity contribution is 0.908. The quantitative estimate of drug-likeness (QED) is 0.242. The average Bonchev–Trinajstić information content (AvgIpc) is 3.37. The molecule has 0 amide bonds. The van der Waals surface area contributed by atoms with E-state index in [1.54, 1.807) is 0 Å². The predicted molar refractivity (Wildman–Crippen MR) is 152 cm³/mol. The molecule has 0 aliphatic carbocycles. The van der Waals surface area contributed by atoms with Crippen LogP contribution in [0.15, 0.2) is 115 Å². The molecule has 0 N–H and O–H groups in total. The Morgan fingerprint density at radius 3 is 2.19 bits per heavy atom. The fraction of sp³-hybridized carbons (Fsp3) is 0.0606. The van der Waals surface area contributed by atoms with Crippen molar-refractivity contribution in [2.45, 2.75) is 13.3 Å². The summed E-state index contributed by atoms with van der Waals surface area (Å²) in [6.45, 7) is 2.16. The van der Waals surface area contributed by atoms with E-state index in [-0.39, 0.29) is 0 Å². The number of aromatic nitrogens is 4. The van der Waals surface area contributed by atoms with Gasteiger partial charge in [0, 0.05) is 40.2 Å². The second-order valence-corrected chi connectivity index (χ2v) is 9.18. The first-order valence-electron chi connectivity index (χ1n) is 12.6. The van der Waals surface area contributed by atoms with Crippen LogP contribution in [0, 0.1) is 0 Å². The standard InChI is InChI=1S/C33H24N4/c1-2-30-36-33-29(37(30)24-10-4-3-5-11-24)20-19-26-25-12-6-7-14-28(25)35-32(31(26)33)23-17-15-22(16-18-23)27-13-8-9-21-34-27/h3-21H,2H2,1H3. The zero-order valence-corrected chi connectivity index (χ0v) is 20.5. The molecule has 37 heavy (non-hydrogen) atoms. The number of benzene rings is 4. The zero-order valence-electron chi connectivity index (χ0n) is 20.5. The molecule has 3 heterocycles. The summed E-state index contributed by atoms with van der Waals surface area (Å²) in [5.41, 5.74) is 8.25. The number of imidazole rings is 1. The normalized spacial score (nSPS) is 11.5. The Hall–Kier alpha value is -4.83. The van der Waals surface area contributed by atoms with E-state index in [9.17, 15) is 0 Å². The number of hydrogen-bond donors (Lipinski definition) is 0. The monoisotopic (exact) mass is 476 g/mol. The van der Waals surface area contributed by atoms with Gasteiger partial charge in [0.1, 0.15) is 5.82 Å². The molecule has 0 bridgehead atoms. The summed E-state index contributed by atoms with van der Waals surface area (Å²) in [5, 5.41) is 3.40. The second-order valence-electron chi connectivity index (χ2n) is 9.18. The van der Waals surface area contributed by atoms with Crippen LogP contribution in [-0.4, -0.2) is 19.5 Å². The Labute approximate surface area is 214 Å². The highest BCUT2D eigenvalue weighted by atomic mass is 15.1. The predicted octanol–water partition coefficient (Wildman–Crippen LogP) is 8.02. The van der Waals surface area contributed by atoms with E-state index < -0.39 is 0 Å². The van der Waals surface area contributed by atoms with Crippen LogP contribution in [0.3, 0.4) is 0 Å². The summed E-state index contributed by atoms with van der Waals surface area (Å²) in [6.07, 6.45) is 2.66. The number of nitrogens with zero attached hydrogens (tertiary/aromatic N) is 4. The molecule has 0 atom stereocenters. The smallest absolute Gasteiger partial charge is 0.114 e. The topological polar surface area (TPSA) is 43.6 Å². The van der Waals surface area contributed by atoms with Gasteiger partial charge in [-0.2, -0.15) is 0 Å². The molecule has 0 aliphatic rings. The average molecular weight is 477 g/mol. The van der Waals surface area contributed by atoms with Gasteiger partial charge in [-0.05, 0) is 41.8 Å². The molecule has 4 aromatic carbocycles. The highest BCUT2D eigenvalue weighted by molar-refractivity contribution is 6.19. The molecule has 0 aliphatic heterocycles. The van der Waals surface area contributed by atoms with E-state index >= 15 is 0 Å². The minimum absolute atomic E-state index is 0.834. The lowest BCUT2D eigenvalue weighted by Crippen LogP contribution is -1.99. The van der Waals surface area contributed by atoms with Crippen LogP contribution < -0.4 is 0 Å². The molecule has 0 radical (unpaired) electrons. The molecule has 0 fully saturated rings. The number of para-hydroxylation sites is 2. The molecule has 4 nitrogen and oxygen atoms in total. The van der Waals surface area contributed by atoms with Crippen LogP contribution in [0.2, 0.25) is 0 Å². The van der Waals surface area contributed by atoms with Gasteiger partial charge in [-0.1, -0.05) is 79.7 Å². The van der Waals surface area contributed by atoms with Crippen molar-refractivity contribution in [1.82, 2.24) is 19.5 Å². The van der Waals surface area contributed by atoms with E-state index in [0.717, 1.165) is 67.8 Å². The van der Waals surface area contributed by atoms with Gasteiger partial charge in [-0.3, -0.25) is 9.55 Å². The van der Waals surface area contributed by atoms with Gasteiger partial charge in [-0.25, -0.2) is 9.97 Å². The van der Waals surface area contributed by atoms with Crippen molar-refractivity contribution in [1.29, 1.82) is 0 Å². The van der Waals surface area contributed by atoms with Gasteiger partial charge in [0.15, 0.2) is 0 Å². The molecule has 0 spiro atoms. The number of pyridine rings is 2. The summed E-state index contributed by atoms with van der Waals surface area (Å²) in [7, 11) is 0. The van der Waals surface area contributed by atoms with Gasteiger partial charge < -0.3 is 0 Å². The van der Waals surface area contributed by atoms with Crippen molar-refractivity contribution in [3.05, 3.63) is 121 Å². The van der Waals surface area contributed by atoms with Crippen molar-refractivity contribution in [3.8, 4) is 28.2 Å². The van der Waals surface area contributed by atoms with Crippen LogP contribution in [0.25, 0.3) is 60.9 Å². The maximum Gasteiger partial charge on any atom is 0.114 e. The van der Waals surface area contributed by atoms with Crippen molar-refractivity contribution >= 4 is 32.7 Å². The molecular formula is C33H24N4. The van der Waals surface area contributed by atoms with E-state index in [1.165, 1.54) is 5.39 Å². The molecular weight excluding hydrogens is 452 g/mol. The molecule has 176 valence electrons. The third-order valence-electron chi connectivity index (χ3n) is 7.01. The zero-order chi connectivity index (χ0) is 24.8. The lowest BCUT2D eigenvalue weighted by Gasteiger charge is -2.12. The SMILES string of the molecule is CCc1nc2c3c(-c4ccc(-c5ccccn5)cc4)nc4ccccc4c3ccc2n1-c1ccccc1. The van der Waals surface area contributed by atoms with E-state index in [4.69, 9.17) is 9.97 Å². The summed E-state index contributed by atoms with van der Waals surface area (Å²) in [4.78, 5) is 14.9. The largest absolute Gasteiger partial charge is 0.296 e. The minimum atomic E-state index is 0.834. The van der Waals surface area contributed by atoms with E-state index in [1.807, 2.05) is 36.5 Å². The first-order chi connectivity index (χ1) is 18.3. The Balaban J connectivity index is 1.54. The molecule has 0 unspecified atom stereocenters. The van der Waals surface area contributed by atoms with Gasteiger partial charge in [-0.15, -0.1) is 0 Å². The van der Waals surface area contributed by atoms with Gasteiger partial charge in [0.2, 0.25) is 0 Å². The van der Waals surface area contributed by atoms with Gasteiger partial charge in [0.05, 0.1) is 27.9 Å². The Kier molecular flexibility index (Phi) is 5.03. The first-order valence-corrected chi connectivity index (χ1v) is 12.6. The van der Waals surface area contributed by atoms with E-state index in [0.29, 0.717) is 0 Å². The number of fused-ring (bicyclic) bond motifs is 5. The van der Waals surface area contributed by atoms with E-state index in [2.05, 4.69) is 95.3 Å². The van der Waals surface area contributed by atoms with Gasteiger partial charge >= 0.3 is 0 Å². The van der Waals surface area contributed by atoms with Crippen molar-refractivity contribution in [2.24, 2.45) is 0 Å². The van der Waals surface area contributed by atoms with Gasteiger partial charge in [0.25, 0.3) is 0 Å². The molecule has 7 aromatic rings. The van der Waals surface area contributed by atoms with Crippen LogP contribution in [0.5, 0.6) is 0 Å². The molecule has 7 rings (SSSR count). The molecule has 0 saturated carbocycles. The molecule has 0 saturated heterocycles. The molecule has 3 aromatic heterocycles. The lowest BCUT2D eigenvalue weighted by atomic mass is 9.98. The number of aryl methyl sites for hydroxylation is 1. The fourth-order valence-electron chi connectivity index (χ4n) is 5.27. The fourth-order valence-corrected chi connectivity index (χ4v) is 5.27. The number of hydrogen-bond acceptors (Lipinski definition) is 3. The Morgan fingerprint density at radius 1 is 0.649 bits per heavy atom. The third kappa shape index (κ3) is 3.49. The Morgan fingerprint density at radius 2 is 1.41 bits per heavy atom. The second kappa shape index (κ2) is 8.68. The Bertz CT molecular complexity index is 1890. The highest BCUT2D eigenvalue weighted by Crippen LogP contribution is 2.38. The van der Waals surface area contributed by atoms with Crippen molar-refractivity contribution in [2.75, 3.05) is 0 Å². The van der Waals surface area contributed by atoms with Crippen molar-refractivity contribution < 1.29 is 0 Å². The number of rotatable bonds is 4. The summed E-state index contributed by atoms with van der Waals surface area (Å²) < 4.78 is 2.28. The minimum Gasteiger partial charge on any atom is -0.296 e. The van der Waals surface area contributed by atoms with Crippen LogP contribution in [0.4, 0.5) is 0 Å². The third-order valence-corrected chi connectivity index (χ3v) is 7.01. The maximum atomic E-state index is 5.21. The van der Waals surface area contributed by atoms with Crippen LogP contribution in [-0.2, 0) is 6.42 Å². The summed E-state index contributed by atoms with van der Waals surface area (Å²) >= 11 is 0. The van der Waals surface area contributed by atoms with Crippen LogP contribution in [0.1, 0.15) is 12.7 Å². The summed E-state index contributed by atoms with van der Waals surface area (Å²) in [5.74, 6) is 1.04. The maximum absolute atomic E-state index is 5.21. The first kappa shape index (κ1) is 21.5. The summed E-state index contributed by atoms with van der Waals surface area (Å²) in [6, 6.07) is 37.8. The highest BCUT2D eigenvalue weighted by Gasteiger charge is 2.19. The van der Waals surface area contributed by atoms with Crippen molar-refractivity contribution in [3.63, 3.8) is 0 Å². The molecule has 4 heteroatoms. The van der Waals surface area contributed by atoms with Crippen LogP contribution >= 0.6 is 0 Å².